The Bertz CT molecular complexity index is 260. The number of aliphatic hydroxyl groups excluding tert-OH is 1. The van der Waals surface area contributed by atoms with Gasteiger partial charge in [-0.2, -0.15) is 0 Å². The predicted octanol–water partition coefficient (Wildman–Crippen LogP) is 1.63. The molecule has 0 aliphatic heterocycles. The quantitative estimate of drug-likeness (QED) is 0.759. The zero-order valence-electron chi connectivity index (χ0n) is 8.33. The molecule has 0 aliphatic carbocycles. The Morgan fingerprint density at radius 3 is 2.38 bits per heavy atom. The van der Waals surface area contributed by atoms with Gasteiger partial charge in [0.25, 0.3) is 0 Å². The van der Waals surface area contributed by atoms with Gasteiger partial charge in [-0.1, -0.05) is 31.2 Å². The minimum absolute atomic E-state index is 0.133. The monoisotopic (exact) mass is 179 g/mol. The van der Waals surface area contributed by atoms with Gasteiger partial charge in [0.1, 0.15) is 0 Å². The highest BCUT2D eigenvalue weighted by Gasteiger charge is 2.02. The van der Waals surface area contributed by atoms with Crippen LogP contribution in [0.2, 0.25) is 0 Å². The summed E-state index contributed by atoms with van der Waals surface area (Å²) in [6.45, 7) is 4.20. The molecule has 1 N–H and O–H groups in total. The van der Waals surface area contributed by atoms with E-state index >= 15 is 0 Å². The summed E-state index contributed by atoms with van der Waals surface area (Å²) in [5, 5.41) is 9.09. The smallest absolute Gasteiger partial charge is 0.0685 e. The largest absolute Gasteiger partial charge is 0.392 e. The highest BCUT2D eigenvalue weighted by molar-refractivity contribution is 5.26. The molecule has 0 unspecified atom stereocenters. The fourth-order valence-electron chi connectivity index (χ4n) is 1.27. The van der Waals surface area contributed by atoms with Crippen LogP contribution in [-0.4, -0.2) is 23.6 Å². The summed E-state index contributed by atoms with van der Waals surface area (Å²) in [4.78, 5) is 2.22. The summed E-state index contributed by atoms with van der Waals surface area (Å²) in [6, 6.07) is 8.01. The molecule has 0 spiro atoms. The molecule has 0 radical (unpaired) electrons. The van der Waals surface area contributed by atoms with Crippen LogP contribution in [0.1, 0.15) is 18.1 Å². The molecule has 1 aromatic rings. The maximum atomic E-state index is 9.09. The highest BCUT2D eigenvalue weighted by Crippen LogP contribution is 2.10. The lowest BCUT2D eigenvalue weighted by Crippen LogP contribution is -2.17. The Morgan fingerprint density at radius 1 is 1.23 bits per heavy atom. The summed E-state index contributed by atoms with van der Waals surface area (Å²) in [5.74, 6) is 0. The van der Waals surface area contributed by atoms with Crippen LogP contribution < -0.4 is 0 Å². The maximum Gasteiger partial charge on any atom is 0.0685 e. The molecule has 0 amide bonds. The number of benzene rings is 1. The standard InChI is InChI=1S/C11H17NO/c1-3-12(2)8-10-6-4-5-7-11(10)9-13/h4-7,13H,3,8-9H2,1-2H3. The van der Waals surface area contributed by atoms with Crippen molar-refractivity contribution < 1.29 is 5.11 Å². The number of hydrogen-bond acceptors (Lipinski definition) is 2. The van der Waals surface area contributed by atoms with Crippen LogP contribution in [0.4, 0.5) is 0 Å². The van der Waals surface area contributed by atoms with E-state index in [-0.39, 0.29) is 6.61 Å². The first-order valence-electron chi connectivity index (χ1n) is 4.64. The van der Waals surface area contributed by atoms with Crippen LogP contribution in [0.3, 0.4) is 0 Å². The molecule has 72 valence electrons. The van der Waals surface area contributed by atoms with Crippen molar-refractivity contribution in [1.29, 1.82) is 0 Å². The topological polar surface area (TPSA) is 23.5 Å². The molecule has 0 saturated heterocycles. The average molecular weight is 179 g/mol. The Labute approximate surface area is 79.8 Å². The Hall–Kier alpha value is -0.860. The predicted molar refractivity (Wildman–Crippen MR) is 54.4 cm³/mol. The van der Waals surface area contributed by atoms with E-state index in [9.17, 15) is 0 Å². The summed E-state index contributed by atoms with van der Waals surface area (Å²) in [5.41, 5.74) is 2.25. The number of hydrogen-bond donors (Lipinski definition) is 1. The molecule has 13 heavy (non-hydrogen) atoms. The summed E-state index contributed by atoms with van der Waals surface area (Å²) < 4.78 is 0. The summed E-state index contributed by atoms with van der Waals surface area (Å²) in [7, 11) is 2.08. The second-order valence-electron chi connectivity index (χ2n) is 3.26. The van der Waals surface area contributed by atoms with Gasteiger partial charge in [0.05, 0.1) is 6.61 Å². The first kappa shape index (κ1) is 10.2. The molecule has 0 aromatic heterocycles. The van der Waals surface area contributed by atoms with Crippen LogP contribution in [0.25, 0.3) is 0 Å². The molecule has 0 fully saturated rings. The number of nitrogens with zero attached hydrogens (tertiary/aromatic N) is 1. The fraction of sp³-hybridized carbons (Fsp3) is 0.455. The molecule has 0 saturated carbocycles. The van der Waals surface area contributed by atoms with Gasteiger partial charge in [0, 0.05) is 6.54 Å². The molecule has 0 atom stereocenters. The van der Waals surface area contributed by atoms with Crippen molar-refractivity contribution in [2.75, 3.05) is 13.6 Å². The van der Waals surface area contributed by atoms with Crippen molar-refractivity contribution >= 4 is 0 Å². The highest BCUT2D eigenvalue weighted by atomic mass is 16.3. The lowest BCUT2D eigenvalue weighted by Gasteiger charge is -2.15. The summed E-state index contributed by atoms with van der Waals surface area (Å²) in [6.07, 6.45) is 0. The van der Waals surface area contributed by atoms with Crippen molar-refractivity contribution in [1.82, 2.24) is 4.90 Å². The lowest BCUT2D eigenvalue weighted by atomic mass is 10.1. The third-order valence-corrected chi connectivity index (χ3v) is 2.27. The average Bonchev–Trinajstić information content (AvgIpc) is 2.18. The summed E-state index contributed by atoms with van der Waals surface area (Å²) >= 11 is 0. The van der Waals surface area contributed by atoms with E-state index in [1.807, 2.05) is 18.2 Å². The van der Waals surface area contributed by atoms with Gasteiger partial charge in [-0.3, -0.25) is 0 Å². The Kier molecular flexibility index (Phi) is 3.93. The molecule has 1 aromatic carbocycles. The van der Waals surface area contributed by atoms with Crippen LogP contribution >= 0.6 is 0 Å². The van der Waals surface area contributed by atoms with Gasteiger partial charge in [0.15, 0.2) is 0 Å². The van der Waals surface area contributed by atoms with E-state index in [1.54, 1.807) is 0 Å². The molecule has 0 heterocycles. The first-order valence-corrected chi connectivity index (χ1v) is 4.64. The van der Waals surface area contributed by atoms with Crippen LogP contribution in [0, 0.1) is 0 Å². The SMILES string of the molecule is CCN(C)Cc1ccccc1CO. The molecular weight excluding hydrogens is 162 g/mol. The zero-order chi connectivity index (χ0) is 9.68. The second kappa shape index (κ2) is 5.00. The second-order valence-corrected chi connectivity index (χ2v) is 3.26. The minimum Gasteiger partial charge on any atom is -0.392 e. The van der Waals surface area contributed by atoms with E-state index in [4.69, 9.17) is 5.11 Å². The maximum absolute atomic E-state index is 9.09. The van der Waals surface area contributed by atoms with Crippen molar-refractivity contribution in [3.63, 3.8) is 0 Å². The van der Waals surface area contributed by atoms with Gasteiger partial charge < -0.3 is 10.0 Å². The minimum atomic E-state index is 0.133. The van der Waals surface area contributed by atoms with E-state index in [0.717, 1.165) is 18.7 Å². The Balaban J connectivity index is 2.74. The normalized spacial score (nSPS) is 10.8. The van der Waals surface area contributed by atoms with Gasteiger partial charge in [-0.15, -0.1) is 0 Å². The Morgan fingerprint density at radius 2 is 1.85 bits per heavy atom. The molecular formula is C11H17NO. The van der Waals surface area contributed by atoms with Crippen LogP contribution in [0.15, 0.2) is 24.3 Å². The van der Waals surface area contributed by atoms with Gasteiger partial charge in [-0.25, -0.2) is 0 Å². The first-order chi connectivity index (χ1) is 6.27. The molecule has 2 nitrogen and oxygen atoms in total. The number of rotatable bonds is 4. The van der Waals surface area contributed by atoms with Gasteiger partial charge >= 0.3 is 0 Å². The third kappa shape index (κ3) is 2.83. The van der Waals surface area contributed by atoms with E-state index in [0.29, 0.717) is 0 Å². The van der Waals surface area contributed by atoms with E-state index in [2.05, 4.69) is 24.9 Å². The zero-order valence-corrected chi connectivity index (χ0v) is 8.33. The van der Waals surface area contributed by atoms with Crippen molar-refractivity contribution in [3.05, 3.63) is 35.4 Å². The molecule has 1 rings (SSSR count). The van der Waals surface area contributed by atoms with Gasteiger partial charge in [-0.05, 0) is 24.7 Å². The number of aliphatic hydroxyl groups is 1. The lowest BCUT2D eigenvalue weighted by molar-refractivity contribution is 0.276. The van der Waals surface area contributed by atoms with Crippen molar-refractivity contribution in [3.8, 4) is 0 Å². The van der Waals surface area contributed by atoms with Crippen molar-refractivity contribution in [2.24, 2.45) is 0 Å². The van der Waals surface area contributed by atoms with Gasteiger partial charge in [0.2, 0.25) is 0 Å². The molecule has 0 aliphatic rings. The van der Waals surface area contributed by atoms with Crippen LogP contribution in [-0.2, 0) is 13.2 Å². The van der Waals surface area contributed by atoms with Crippen molar-refractivity contribution in [2.45, 2.75) is 20.1 Å². The van der Waals surface area contributed by atoms with Crippen LogP contribution in [0.5, 0.6) is 0 Å². The van der Waals surface area contributed by atoms with E-state index in [1.165, 1.54) is 5.56 Å². The third-order valence-electron chi connectivity index (χ3n) is 2.27. The molecule has 2 heteroatoms. The molecule has 0 bridgehead atoms. The van der Waals surface area contributed by atoms with E-state index < -0.39 is 0 Å². The fourth-order valence-corrected chi connectivity index (χ4v) is 1.27.